The number of benzene rings is 10. The van der Waals surface area contributed by atoms with Crippen LogP contribution in [0.25, 0.3) is 117 Å². The molecule has 294 valence electrons. The van der Waals surface area contributed by atoms with Gasteiger partial charge in [-0.3, -0.25) is 4.57 Å². The molecule has 12 rings (SSSR count). The minimum absolute atomic E-state index is 0.708. The van der Waals surface area contributed by atoms with Crippen molar-refractivity contribution in [1.82, 2.24) is 19.5 Å². The molecule has 0 aliphatic carbocycles. The Hall–Kier alpha value is -8.47. The summed E-state index contributed by atoms with van der Waals surface area (Å²) in [6.45, 7) is 0. The molecule has 12 aromatic rings. The molecule has 0 aliphatic rings. The summed E-state index contributed by atoms with van der Waals surface area (Å²) in [5, 5.41) is 5.85. The van der Waals surface area contributed by atoms with E-state index in [-0.39, 0.29) is 0 Å². The fourth-order valence-electron chi connectivity index (χ4n) is 9.27. The molecule has 0 atom stereocenters. The first kappa shape index (κ1) is 36.4. The van der Waals surface area contributed by atoms with Crippen molar-refractivity contribution in [1.29, 1.82) is 0 Å². The van der Waals surface area contributed by atoms with Crippen molar-refractivity contribution in [3.05, 3.63) is 231 Å². The van der Waals surface area contributed by atoms with Gasteiger partial charge in [0.15, 0.2) is 5.82 Å². The molecule has 0 N–H and O–H groups in total. The Balaban J connectivity index is 1.04. The van der Waals surface area contributed by atoms with Crippen molar-refractivity contribution >= 4 is 43.5 Å². The summed E-state index contributed by atoms with van der Waals surface area (Å²) in [5.41, 5.74) is 15.1. The summed E-state index contributed by atoms with van der Waals surface area (Å²) in [6, 6.07) is 81.7. The topological polar surface area (TPSA) is 43.6 Å². The van der Waals surface area contributed by atoms with E-state index in [0.717, 1.165) is 72.5 Å². The van der Waals surface area contributed by atoms with E-state index in [1.165, 1.54) is 38.2 Å². The number of nitrogens with zero attached hydrogens (tertiary/aromatic N) is 4. The van der Waals surface area contributed by atoms with Crippen molar-refractivity contribution < 1.29 is 0 Å². The van der Waals surface area contributed by atoms with Crippen LogP contribution in [0.3, 0.4) is 0 Å². The minimum Gasteiger partial charge on any atom is -0.292 e. The number of rotatable bonds is 7. The first-order chi connectivity index (χ1) is 31.2. The molecule has 10 aromatic carbocycles. The lowest BCUT2D eigenvalue weighted by atomic mass is 9.84. The van der Waals surface area contributed by atoms with Crippen LogP contribution in [0.15, 0.2) is 231 Å². The molecule has 0 amide bonds. The molecule has 0 saturated heterocycles. The number of fused-ring (bicyclic) bond motifs is 4. The van der Waals surface area contributed by atoms with Crippen LogP contribution in [-0.4, -0.2) is 19.5 Å². The van der Waals surface area contributed by atoms with Gasteiger partial charge in [-0.15, -0.1) is 0 Å². The second kappa shape index (κ2) is 15.2. The largest absolute Gasteiger partial charge is 0.292 e. The van der Waals surface area contributed by atoms with Crippen LogP contribution in [0.5, 0.6) is 0 Å². The lowest BCUT2D eigenvalue weighted by Crippen LogP contribution is -1.97. The average Bonchev–Trinajstić information content (AvgIpc) is 3.75. The predicted octanol–water partition coefficient (Wildman–Crippen LogP) is 15.3. The highest BCUT2D eigenvalue weighted by Gasteiger charge is 2.20. The summed E-state index contributed by atoms with van der Waals surface area (Å²) < 4.78 is 2.28. The van der Waals surface area contributed by atoms with Gasteiger partial charge >= 0.3 is 0 Å². The number of hydrogen-bond acceptors (Lipinski definition) is 3. The Labute approximate surface area is 365 Å². The van der Waals surface area contributed by atoms with Crippen molar-refractivity contribution in [3.63, 3.8) is 0 Å². The third kappa shape index (κ3) is 6.36. The summed E-state index contributed by atoms with van der Waals surface area (Å²) in [7, 11) is 0. The Morgan fingerprint density at radius 2 is 0.778 bits per heavy atom. The van der Waals surface area contributed by atoms with Crippen LogP contribution in [0, 0.1) is 0 Å². The highest BCUT2D eigenvalue weighted by Crippen LogP contribution is 2.45. The van der Waals surface area contributed by atoms with Crippen molar-refractivity contribution in [2.45, 2.75) is 0 Å². The van der Waals surface area contributed by atoms with E-state index < -0.39 is 0 Å². The lowest BCUT2D eigenvalue weighted by molar-refractivity contribution is 1.10. The first-order valence-corrected chi connectivity index (χ1v) is 21.4. The van der Waals surface area contributed by atoms with E-state index in [2.05, 4.69) is 217 Å². The molecule has 4 nitrogen and oxygen atoms in total. The molecule has 2 aromatic heterocycles. The van der Waals surface area contributed by atoms with Crippen LogP contribution in [-0.2, 0) is 0 Å². The summed E-state index contributed by atoms with van der Waals surface area (Å²) in [6.07, 6.45) is 0. The molecule has 0 bridgehead atoms. The van der Waals surface area contributed by atoms with Gasteiger partial charge < -0.3 is 0 Å². The maximum absolute atomic E-state index is 5.19. The summed E-state index contributed by atoms with van der Waals surface area (Å²) >= 11 is 0. The highest BCUT2D eigenvalue weighted by atomic mass is 15.1. The fourth-order valence-corrected chi connectivity index (χ4v) is 9.27. The monoisotopic (exact) mass is 802 g/mol. The van der Waals surface area contributed by atoms with Gasteiger partial charge in [0.1, 0.15) is 5.82 Å². The van der Waals surface area contributed by atoms with Crippen LogP contribution in [0.1, 0.15) is 0 Å². The molecule has 0 aliphatic heterocycles. The number of aromatic nitrogens is 4. The molecule has 0 unspecified atom stereocenters. The fraction of sp³-hybridized carbons (Fsp3) is 0. The third-order valence-electron chi connectivity index (χ3n) is 12.2. The van der Waals surface area contributed by atoms with E-state index in [1.54, 1.807) is 0 Å². The highest BCUT2D eigenvalue weighted by molar-refractivity contribution is 6.22. The smallest absolute Gasteiger partial charge is 0.160 e. The van der Waals surface area contributed by atoms with Gasteiger partial charge in [-0.2, -0.15) is 0 Å². The van der Waals surface area contributed by atoms with Crippen LogP contribution in [0.2, 0.25) is 0 Å². The Bertz CT molecular complexity index is 3640. The summed E-state index contributed by atoms with van der Waals surface area (Å²) in [4.78, 5) is 15.4. The zero-order valence-corrected chi connectivity index (χ0v) is 34.2. The normalized spacial score (nSPS) is 11.5. The maximum Gasteiger partial charge on any atom is 0.160 e. The SMILES string of the molecule is c1ccc(-c2nc(-c3ccc(-c4c5ccccc5c(-c5ccccc5)c5cc(-c6ccc7nc(-c8ccccc8)n(-c8ccccc8)c7c6)ccc45)cc3)nc3ccccc23)cc1. The standard InChI is InChI=1S/C59H38N4/c1-5-17-39(18-6-1)56-48-26-14-13-25-47(48)55(40-29-31-42(32-30-40)58-60-52-28-16-15-27-50(52)57(62-58)41-19-7-2-8-20-41)49-35-33-44(37-51(49)56)45-34-36-53-54(38-45)63(46-23-11-4-12-24-46)59(61-53)43-21-9-3-10-22-43/h1-38H. The molecule has 2 heterocycles. The van der Waals surface area contributed by atoms with Crippen molar-refractivity contribution in [2.75, 3.05) is 0 Å². The Morgan fingerprint density at radius 3 is 1.48 bits per heavy atom. The van der Waals surface area contributed by atoms with Crippen molar-refractivity contribution in [2.24, 2.45) is 0 Å². The van der Waals surface area contributed by atoms with Gasteiger partial charge in [0.25, 0.3) is 0 Å². The maximum atomic E-state index is 5.19. The zero-order valence-electron chi connectivity index (χ0n) is 34.2. The third-order valence-corrected chi connectivity index (χ3v) is 12.2. The molecule has 63 heavy (non-hydrogen) atoms. The van der Waals surface area contributed by atoms with Crippen molar-refractivity contribution in [3.8, 4) is 73.1 Å². The van der Waals surface area contributed by atoms with Gasteiger partial charge in [0.2, 0.25) is 0 Å². The van der Waals surface area contributed by atoms with Gasteiger partial charge in [0, 0.05) is 27.8 Å². The molecule has 0 radical (unpaired) electrons. The van der Waals surface area contributed by atoms with Gasteiger partial charge in [0.05, 0.1) is 22.2 Å². The van der Waals surface area contributed by atoms with E-state index in [0.29, 0.717) is 5.82 Å². The van der Waals surface area contributed by atoms with E-state index >= 15 is 0 Å². The van der Waals surface area contributed by atoms with E-state index in [9.17, 15) is 0 Å². The van der Waals surface area contributed by atoms with E-state index in [4.69, 9.17) is 15.0 Å². The van der Waals surface area contributed by atoms with Gasteiger partial charge in [-0.1, -0.05) is 194 Å². The Kier molecular flexibility index (Phi) is 8.79. The second-order valence-corrected chi connectivity index (χ2v) is 16.0. The molecule has 0 saturated carbocycles. The minimum atomic E-state index is 0.708. The molecular weight excluding hydrogens is 765 g/mol. The van der Waals surface area contributed by atoms with Crippen LogP contribution >= 0.6 is 0 Å². The quantitative estimate of drug-likeness (QED) is 0.151. The second-order valence-electron chi connectivity index (χ2n) is 16.0. The van der Waals surface area contributed by atoms with Crippen LogP contribution < -0.4 is 0 Å². The number of para-hydroxylation sites is 2. The molecule has 0 spiro atoms. The summed E-state index contributed by atoms with van der Waals surface area (Å²) in [5.74, 6) is 1.63. The van der Waals surface area contributed by atoms with Gasteiger partial charge in [-0.25, -0.2) is 15.0 Å². The first-order valence-electron chi connectivity index (χ1n) is 21.4. The van der Waals surface area contributed by atoms with Gasteiger partial charge in [-0.05, 0) is 91.3 Å². The molecule has 0 fully saturated rings. The van der Waals surface area contributed by atoms with E-state index in [1.807, 2.05) is 18.2 Å². The van der Waals surface area contributed by atoms with Crippen LogP contribution in [0.4, 0.5) is 0 Å². The average molecular weight is 803 g/mol. The Morgan fingerprint density at radius 1 is 0.286 bits per heavy atom. The number of hydrogen-bond donors (Lipinski definition) is 0. The molecular formula is C59H38N4. The molecule has 4 heteroatoms. The lowest BCUT2D eigenvalue weighted by Gasteiger charge is -2.19. The number of imidazole rings is 1. The predicted molar refractivity (Wildman–Crippen MR) is 262 cm³/mol. The zero-order chi connectivity index (χ0) is 41.7.